The van der Waals surface area contributed by atoms with Crippen molar-refractivity contribution in [2.75, 3.05) is 37.3 Å². The van der Waals surface area contributed by atoms with Crippen molar-refractivity contribution in [3.8, 4) is 0 Å². The predicted molar refractivity (Wildman–Crippen MR) is 93.6 cm³/mol. The van der Waals surface area contributed by atoms with E-state index in [4.69, 9.17) is 5.73 Å². The standard InChI is InChI=1S/C17H24N6O/c18-16-20-13-4-3-6-19-14(13)15(21-16)22-17(11-24)10-12(17)5-9-23-7-1-2-8-23/h3-4,6,12,24H,1-2,5,7-11H2,(H3,18,20,21,22)/t12-,17+/m1/s1. The summed E-state index contributed by atoms with van der Waals surface area (Å²) in [6, 6.07) is 3.70. The number of aromatic nitrogens is 3. The molecule has 0 radical (unpaired) electrons. The molecule has 0 bridgehead atoms. The number of pyridine rings is 1. The van der Waals surface area contributed by atoms with Crippen LogP contribution in [0.4, 0.5) is 11.8 Å². The maximum absolute atomic E-state index is 9.95. The van der Waals surface area contributed by atoms with E-state index in [0.717, 1.165) is 24.9 Å². The van der Waals surface area contributed by atoms with E-state index in [-0.39, 0.29) is 18.1 Å². The number of anilines is 2. The fraction of sp³-hybridized carbons (Fsp3) is 0.588. The van der Waals surface area contributed by atoms with Crippen molar-refractivity contribution in [3.63, 3.8) is 0 Å². The number of aliphatic hydroxyl groups excluding tert-OH is 1. The molecule has 1 aliphatic carbocycles. The Hall–Kier alpha value is -1.99. The lowest BCUT2D eigenvalue weighted by Gasteiger charge is -2.20. The van der Waals surface area contributed by atoms with Crippen LogP contribution in [0.25, 0.3) is 11.0 Å². The average Bonchev–Trinajstić information content (AvgIpc) is 3.02. The van der Waals surface area contributed by atoms with E-state index in [1.807, 2.05) is 12.1 Å². The number of aliphatic hydroxyl groups is 1. The van der Waals surface area contributed by atoms with Crippen LogP contribution in [0.15, 0.2) is 18.3 Å². The lowest BCUT2D eigenvalue weighted by atomic mass is 10.1. The van der Waals surface area contributed by atoms with Gasteiger partial charge in [0.25, 0.3) is 0 Å². The number of fused-ring (bicyclic) bond motifs is 1. The second-order valence-electron chi connectivity index (χ2n) is 6.98. The molecule has 2 fully saturated rings. The molecular formula is C17H24N6O. The first-order chi connectivity index (χ1) is 11.7. The number of nitrogens with two attached hydrogens (primary N) is 1. The molecule has 0 aromatic carbocycles. The number of rotatable bonds is 6. The van der Waals surface area contributed by atoms with Crippen molar-refractivity contribution in [2.45, 2.75) is 31.2 Å². The van der Waals surface area contributed by atoms with Gasteiger partial charge < -0.3 is 21.1 Å². The maximum atomic E-state index is 9.95. The zero-order valence-corrected chi connectivity index (χ0v) is 13.8. The SMILES string of the molecule is Nc1nc(N[C@]2(CO)C[C@H]2CCN2CCCC2)c2ncccc2n1. The van der Waals surface area contributed by atoms with Crippen LogP contribution in [-0.2, 0) is 0 Å². The van der Waals surface area contributed by atoms with Gasteiger partial charge in [0.1, 0.15) is 5.52 Å². The van der Waals surface area contributed by atoms with E-state index in [1.165, 1.54) is 25.9 Å². The fourth-order valence-electron chi connectivity index (χ4n) is 3.80. The number of hydrogen-bond acceptors (Lipinski definition) is 7. The molecule has 1 aliphatic heterocycles. The van der Waals surface area contributed by atoms with E-state index >= 15 is 0 Å². The van der Waals surface area contributed by atoms with Crippen molar-refractivity contribution in [2.24, 2.45) is 5.92 Å². The Morgan fingerprint density at radius 1 is 1.33 bits per heavy atom. The fourth-order valence-corrected chi connectivity index (χ4v) is 3.80. The van der Waals surface area contributed by atoms with Gasteiger partial charge in [-0.1, -0.05) is 0 Å². The molecule has 0 spiro atoms. The Morgan fingerprint density at radius 3 is 2.96 bits per heavy atom. The number of likely N-dealkylation sites (tertiary alicyclic amines) is 1. The van der Waals surface area contributed by atoms with E-state index in [2.05, 4.69) is 25.2 Å². The van der Waals surface area contributed by atoms with Crippen LogP contribution in [0.5, 0.6) is 0 Å². The van der Waals surface area contributed by atoms with Gasteiger partial charge >= 0.3 is 0 Å². The van der Waals surface area contributed by atoms with E-state index in [1.54, 1.807) is 6.20 Å². The molecule has 2 aromatic rings. The molecule has 4 rings (SSSR count). The zero-order chi connectivity index (χ0) is 16.6. The molecule has 0 amide bonds. The highest BCUT2D eigenvalue weighted by Gasteiger charge is 2.54. The highest BCUT2D eigenvalue weighted by molar-refractivity contribution is 5.86. The second kappa shape index (κ2) is 6.14. The molecule has 24 heavy (non-hydrogen) atoms. The van der Waals surface area contributed by atoms with Gasteiger partial charge in [-0.15, -0.1) is 0 Å². The highest BCUT2D eigenvalue weighted by atomic mass is 16.3. The van der Waals surface area contributed by atoms with Crippen LogP contribution in [0, 0.1) is 5.92 Å². The molecule has 1 saturated heterocycles. The molecule has 0 unspecified atom stereocenters. The van der Waals surface area contributed by atoms with Crippen molar-refractivity contribution >= 4 is 22.8 Å². The summed E-state index contributed by atoms with van der Waals surface area (Å²) in [5.41, 5.74) is 6.94. The monoisotopic (exact) mass is 328 g/mol. The van der Waals surface area contributed by atoms with Gasteiger partial charge in [0.15, 0.2) is 5.82 Å². The highest BCUT2D eigenvalue weighted by Crippen LogP contribution is 2.48. The minimum atomic E-state index is -0.301. The van der Waals surface area contributed by atoms with Gasteiger partial charge in [-0.3, -0.25) is 4.98 Å². The maximum Gasteiger partial charge on any atom is 0.222 e. The number of nitrogen functional groups attached to an aromatic ring is 1. The Morgan fingerprint density at radius 2 is 2.17 bits per heavy atom. The van der Waals surface area contributed by atoms with Gasteiger partial charge in [0, 0.05) is 6.20 Å². The summed E-state index contributed by atoms with van der Waals surface area (Å²) < 4.78 is 0. The van der Waals surface area contributed by atoms with E-state index in [9.17, 15) is 5.11 Å². The molecule has 128 valence electrons. The second-order valence-corrected chi connectivity index (χ2v) is 6.98. The first kappa shape index (κ1) is 15.5. The summed E-state index contributed by atoms with van der Waals surface area (Å²) in [6.07, 6.45) is 6.39. The lowest BCUT2D eigenvalue weighted by molar-refractivity contribution is 0.249. The molecule has 3 heterocycles. The Kier molecular flexibility index (Phi) is 3.97. The normalized spacial score (nSPS) is 26.8. The third-order valence-corrected chi connectivity index (χ3v) is 5.35. The molecule has 1 saturated carbocycles. The molecule has 7 nitrogen and oxygen atoms in total. The van der Waals surface area contributed by atoms with Crippen LogP contribution in [0.3, 0.4) is 0 Å². The summed E-state index contributed by atoms with van der Waals surface area (Å²) in [4.78, 5) is 15.4. The van der Waals surface area contributed by atoms with E-state index < -0.39 is 0 Å². The minimum absolute atomic E-state index is 0.0932. The zero-order valence-electron chi connectivity index (χ0n) is 13.8. The Bertz CT molecular complexity index is 732. The van der Waals surface area contributed by atoms with Crippen molar-refractivity contribution in [1.29, 1.82) is 0 Å². The third-order valence-electron chi connectivity index (χ3n) is 5.35. The van der Waals surface area contributed by atoms with Gasteiger partial charge in [-0.25, -0.2) is 4.98 Å². The predicted octanol–water partition coefficient (Wildman–Crippen LogP) is 1.26. The first-order valence-corrected chi connectivity index (χ1v) is 8.70. The minimum Gasteiger partial charge on any atom is -0.394 e. The van der Waals surface area contributed by atoms with Gasteiger partial charge in [-0.05, 0) is 63.4 Å². The van der Waals surface area contributed by atoms with Crippen molar-refractivity contribution in [3.05, 3.63) is 18.3 Å². The molecular weight excluding hydrogens is 304 g/mol. The molecule has 4 N–H and O–H groups in total. The molecule has 7 heteroatoms. The van der Waals surface area contributed by atoms with Crippen LogP contribution in [-0.4, -0.2) is 56.7 Å². The largest absolute Gasteiger partial charge is 0.394 e. The van der Waals surface area contributed by atoms with E-state index in [0.29, 0.717) is 17.3 Å². The smallest absolute Gasteiger partial charge is 0.222 e. The van der Waals surface area contributed by atoms with Crippen LogP contribution >= 0.6 is 0 Å². The van der Waals surface area contributed by atoms with Gasteiger partial charge in [0.05, 0.1) is 17.7 Å². The molecule has 2 aliphatic rings. The summed E-state index contributed by atoms with van der Waals surface area (Å²) in [7, 11) is 0. The first-order valence-electron chi connectivity index (χ1n) is 8.70. The summed E-state index contributed by atoms with van der Waals surface area (Å²) in [5, 5.41) is 13.4. The summed E-state index contributed by atoms with van der Waals surface area (Å²) in [6.45, 7) is 3.63. The Labute approximate surface area is 141 Å². The van der Waals surface area contributed by atoms with Crippen LogP contribution < -0.4 is 11.1 Å². The number of hydrogen-bond donors (Lipinski definition) is 3. The molecule has 2 atom stereocenters. The quantitative estimate of drug-likeness (QED) is 0.734. The average molecular weight is 328 g/mol. The number of nitrogens with zero attached hydrogens (tertiary/aromatic N) is 4. The van der Waals surface area contributed by atoms with Crippen molar-refractivity contribution < 1.29 is 5.11 Å². The summed E-state index contributed by atoms with van der Waals surface area (Å²) >= 11 is 0. The topological polar surface area (TPSA) is 100 Å². The van der Waals surface area contributed by atoms with Crippen LogP contribution in [0.2, 0.25) is 0 Å². The van der Waals surface area contributed by atoms with Gasteiger partial charge in [-0.2, -0.15) is 4.98 Å². The van der Waals surface area contributed by atoms with Crippen molar-refractivity contribution in [1.82, 2.24) is 19.9 Å². The van der Waals surface area contributed by atoms with Gasteiger partial charge in [0.2, 0.25) is 5.95 Å². The number of nitrogens with one attached hydrogen (secondary N) is 1. The lowest BCUT2D eigenvalue weighted by Crippen LogP contribution is -2.31. The molecule has 2 aromatic heterocycles. The Balaban J connectivity index is 1.49. The van der Waals surface area contributed by atoms with Crippen LogP contribution in [0.1, 0.15) is 25.7 Å². The summed E-state index contributed by atoms with van der Waals surface area (Å²) in [5.74, 6) is 1.30. The third kappa shape index (κ3) is 2.89.